The number of amides is 1. The number of anilines is 1. The van der Waals surface area contributed by atoms with Gasteiger partial charge in [-0.2, -0.15) is 10.4 Å². The van der Waals surface area contributed by atoms with Crippen molar-refractivity contribution >= 4 is 35.2 Å². The summed E-state index contributed by atoms with van der Waals surface area (Å²) < 4.78 is 26.7. The number of aromatic amines is 1. The highest BCUT2D eigenvalue weighted by molar-refractivity contribution is 6.11. The van der Waals surface area contributed by atoms with Gasteiger partial charge in [-0.15, -0.1) is 12.4 Å². The molecule has 2 saturated heterocycles. The van der Waals surface area contributed by atoms with E-state index in [9.17, 15) is 19.6 Å². The number of phenolic OH excluding ortho intramolecular Hbond substituents is 1. The fourth-order valence-electron chi connectivity index (χ4n) is 5.29. The van der Waals surface area contributed by atoms with Crippen molar-refractivity contribution in [3.8, 4) is 34.4 Å². The van der Waals surface area contributed by atoms with E-state index in [2.05, 4.69) is 31.9 Å². The van der Waals surface area contributed by atoms with Gasteiger partial charge in [0.2, 0.25) is 0 Å². The molecule has 1 aromatic carbocycles. The van der Waals surface area contributed by atoms with E-state index in [4.69, 9.17) is 9.15 Å². The molecule has 0 radical (unpaired) electrons. The topological polar surface area (TPSA) is 152 Å². The van der Waals surface area contributed by atoms with Crippen molar-refractivity contribution in [3.63, 3.8) is 0 Å². The molecule has 0 saturated carbocycles. The Morgan fingerprint density at radius 3 is 2.73 bits per heavy atom. The smallest absolute Gasteiger partial charge is 0.270 e. The monoisotopic (exact) mass is 581 g/mol. The van der Waals surface area contributed by atoms with Crippen LogP contribution in [0.15, 0.2) is 34.7 Å². The number of nitrogens with zero attached hydrogens (tertiary/aromatic N) is 4. The Bertz CT molecular complexity index is 1600. The first-order chi connectivity index (χ1) is 19.5. The average Bonchev–Trinajstić information content (AvgIpc) is 3.64. The van der Waals surface area contributed by atoms with Crippen molar-refractivity contribution < 1.29 is 23.4 Å². The third kappa shape index (κ3) is 5.56. The van der Waals surface area contributed by atoms with E-state index in [1.807, 2.05) is 4.90 Å². The minimum atomic E-state index is -0.752. The molecule has 0 aliphatic carbocycles. The molecule has 0 spiro atoms. The van der Waals surface area contributed by atoms with Crippen LogP contribution in [0.3, 0.4) is 0 Å². The first-order valence-corrected chi connectivity index (χ1v) is 13.3. The maximum Gasteiger partial charge on any atom is 0.270 e. The van der Waals surface area contributed by atoms with Gasteiger partial charge in [-0.25, -0.2) is 9.37 Å². The predicted molar refractivity (Wildman–Crippen MR) is 152 cm³/mol. The van der Waals surface area contributed by atoms with Gasteiger partial charge in [0, 0.05) is 37.3 Å². The van der Waals surface area contributed by atoms with Crippen molar-refractivity contribution in [2.45, 2.75) is 12.8 Å². The Morgan fingerprint density at radius 2 is 2.00 bits per heavy atom. The highest BCUT2D eigenvalue weighted by Gasteiger charge is 2.28. The zero-order valence-electron chi connectivity index (χ0n) is 22.1. The number of nitriles is 1. The molecule has 4 aromatic rings. The van der Waals surface area contributed by atoms with Crippen molar-refractivity contribution in [1.29, 1.82) is 5.26 Å². The number of furan rings is 1. The molecule has 5 heterocycles. The minimum absolute atomic E-state index is 0. The van der Waals surface area contributed by atoms with Crippen LogP contribution in [0, 0.1) is 23.1 Å². The van der Waals surface area contributed by atoms with Crippen molar-refractivity contribution in [2.75, 3.05) is 50.8 Å². The summed E-state index contributed by atoms with van der Waals surface area (Å²) in [5.74, 6) is -0.120. The summed E-state index contributed by atoms with van der Waals surface area (Å²) in [5, 5.41) is 33.8. The molecule has 0 atom stereocenters. The minimum Gasteiger partial charge on any atom is -0.508 e. The Labute approximate surface area is 241 Å². The van der Waals surface area contributed by atoms with Crippen LogP contribution in [0.5, 0.6) is 5.75 Å². The number of aromatic hydroxyl groups is 1. The first kappa shape index (κ1) is 28.4. The molecular formula is C28H29ClFN7O4. The van der Waals surface area contributed by atoms with Gasteiger partial charge in [-0.1, -0.05) is 0 Å². The number of benzene rings is 1. The molecule has 4 N–H and O–H groups in total. The molecule has 2 aliphatic heterocycles. The van der Waals surface area contributed by atoms with Gasteiger partial charge >= 0.3 is 0 Å². The summed E-state index contributed by atoms with van der Waals surface area (Å²) in [6.45, 7) is 4.74. The number of nitrogens with one attached hydrogen (secondary N) is 3. The SMILES string of the molecule is Cl.N#Cc1c(-c2ccc(O)cc2F)nc2n[nH]c(C(=O)NCC3CCNCC3)c2c1-c1ccc(N2CCOCC2)o1. The summed E-state index contributed by atoms with van der Waals surface area (Å²) in [5.41, 5.74) is 0.624. The van der Waals surface area contributed by atoms with E-state index < -0.39 is 5.82 Å². The molecule has 6 rings (SSSR count). The Morgan fingerprint density at radius 1 is 1.22 bits per heavy atom. The number of hydrogen-bond donors (Lipinski definition) is 4. The van der Waals surface area contributed by atoms with Crippen LogP contribution in [0.2, 0.25) is 0 Å². The third-order valence-corrected chi connectivity index (χ3v) is 7.42. The van der Waals surface area contributed by atoms with Gasteiger partial charge in [0.05, 0.1) is 35.4 Å². The van der Waals surface area contributed by atoms with Crippen molar-refractivity contribution in [2.24, 2.45) is 5.92 Å². The Hall–Kier alpha value is -4.18. The van der Waals surface area contributed by atoms with Gasteiger partial charge < -0.3 is 29.8 Å². The van der Waals surface area contributed by atoms with Crippen LogP contribution in [-0.4, -0.2) is 72.1 Å². The number of morpholine rings is 1. The summed E-state index contributed by atoms with van der Waals surface area (Å²) in [6, 6.07) is 9.30. The molecule has 2 fully saturated rings. The van der Waals surface area contributed by atoms with Crippen LogP contribution in [-0.2, 0) is 4.74 Å². The zero-order valence-corrected chi connectivity index (χ0v) is 22.9. The lowest BCUT2D eigenvalue weighted by Gasteiger charge is -2.26. The summed E-state index contributed by atoms with van der Waals surface area (Å²) in [6.07, 6.45) is 1.93. The van der Waals surface area contributed by atoms with E-state index in [-0.39, 0.29) is 57.8 Å². The molecular weight excluding hydrogens is 553 g/mol. The molecule has 0 bridgehead atoms. The number of carbonyl (C=O) groups excluding carboxylic acids is 1. The Balaban J connectivity index is 0.00000337. The summed E-state index contributed by atoms with van der Waals surface area (Å²) in [4.78, 5) is 19.9. The number of carbonyl (C=O) groups is 1. The quantitative estimate of drug-likeness (QED) is 0.267. The maximum atomic E-state index is 15.0. The van der Waals surface area contributed by atoms with Crippen LogP contribution >= 0.6 is 12.4 Å². The standard InChI is InChI=1S/C28H28FN7O4.ClH/c29-20-13-17(37)1-2-18(20)25-19(14-30)23(21-3-4-22(40-21)36-9-11-39-12-10-36)24-26(34-35-27(24)33-25)28(38)32-15-16-5-7-31-8-6-16;/h1-4,13,16,31,37H,5-12,15H2,(H,32,38)(H,33,34,35);1H. The molecule has 41 heavy (non-hydrogen) atoms. The van der Waals surface area contributed by atoms with Crippen LogP contribution in [0.4, 0.5) is 10.3 Å². The van der Waals surface area contributed by atoms with E-state index in [0.717, 1.165) is 32.0 Å². The number of rotatable bonds is 6. The summed E-state index contributed by atoms with van der Waals surface area (Å²) >= 11 is 0. The number of phenols is 1. The number of halogens is 2. The van der Waals surface area contributed by atoms with Crippen molar-refractivity contribution in [3.05, 3.63) is 47.4 Å². The molecule has 214 valence electrons. The van der Waals surface area contributed by atoms with E-state index >= 15 is 0 Å². The first-order valence-electron chi connectivity index (χ1n) is 13.3. The lowest BCUT2D eigenvalue weighted by molar-refractivity contribution is 0.0940. The predicted octanol–water partition coefficient (Wildman–Crippen LogP) is 3.59. The number of fused-ring (bicyclic) bond motifs is 1. The van der Waals surface area contributed by atoms with E-state index in [1.54, 1.807) is 12.1 Å². The zero-order chi connectivity index (χ0) is 27.6. The molecule has 3 aromatic heterocycles. The molecule has 0 unspecified atom stereocenters. The largest absolute Gasteiger partial charge is 0.508 e. The van der Waals surface area contributed by atoms with E-state index in [0.29, 0.717) is 55.8 Å². The van der Waals surface area contributed by atoms with Gasteiger partial charge in [0.25, 0.3) is 5.91 Å². The lowest BCUT2D eigenvalue weighted by atomic mass is 9.96. The summed E-state index contributed by atoms with van der Waals surface area (Å²) in [7, 11) is 0. The Kier molecular flexibility index (Phi) is 8.39. The second kappa shape index (κ2) is 12.1. The second-order valence-electron chi connectivity index (χ2n) is 9.92. The highest BCUT2D eigenvalue weighted by Crippen LogP contribution is 2.40. The van der Waals surface area contributed by atoms with Gasteiger partial charge in [-0.3, -0.25) is 9.89 Å². The second-order valence-corrected chi connectivity index (χ2v) is 9.92. The number of aromatic nitrogens is 3. The van der Waals surface area contributed by atoms with E-state index in [1.165, 1.54) is 12.1 Å². The van der Waals surface area contributed by atoms with Crippen LogP contribution < -0.4 is 15.5 Å². The van der Waals surface area contributed by atoms with Gasteiger partial charge in [-0.05, 0) is 50.0 Å². The number of piperidine rings is 1. The highest BCUT2D eigenvalue weighted by atomic mass is 35.5. The lowest BCUT2D eigenvalue weighted by Crippen LogP contribution is -2.36. The van der Waals surface area contributed by atoms with Gasteiger partial charge in [0.15, 0.2) is 11.5 Å². The third-order valence-electron chi connectivity index (χ3n) is 7.42. The number of ether oxygens (including phenoxy) is 1. The van der Waals surface area contributed by atoms with Crippen LogP contribution in [0.25, 0.3) is 33.6 Å². The maximum absolute atomic E-state index is 15.0. The molecule has 13 heteroatoms. The number of pyridine rings is 1. The molecule has 1 amide bonds. The normalized spacial score (nSPS) is 15.9. The van der Waals surface area contributed by atoms with Crippen molar-refractivity contribution in [1.82, 2.24) is 25.8 Å². The number of hydrogen-bond acceptors (Lipinski definition) is 9. The molecule has 11 nitrogen and oxygen atoms in total. The average molecular weight is 582 g/mol. The van der Waals surface area contributed by atoms with Gasteiger partial charge in [0.1, 0.15) is 29.1 Å². The van der Waals surface area contributed by atoms with Crippen LogP contribution in [0.1, 0.15) is 28.9 Å². The fraction of sp³-hybridized carbons (Fsp3) is 0.357. The number of H-pyrrole nitrogens is 1. The fourth-order valence-corrected chi connectivity index (χ4v) is 5.29. The molecule has 2 aliphatic rings.